The van der Waals surface area contributed by atoms with Gasteiger partial charge in [-0.3, -0.25) is 4.79 Å². The van der Waals surface area contributed by atoms with E-state index >= 15 is 0 Å². The van der Waals surface area contributed by atoms with Crippen LogP contribution in [0, 0.1) is 12.7 Å². The molecule has 0 spiro atoms. The van der Waals surface area contributed by atoms with Crippen LogP contribution in [-0.2, 0) is 0 Å². The quantitative estimate of drug-likeness (QED) is 0.888. The van der Waals surface area contributed by atoms with E-state index in [2.05, 4.69) is 5.32 Å². The Morgan fingerprint density at radius 2 is 1.90 bits per heavy atom. The lowest BCUT2D eigenvalue weighted by Crippen LogP contribution is -2.28. The zero-order valence-electron chi connectivity index (χ0n) is 12.0. The molecule has 2 aromatic rings. The van der Waals surface area contributed by atoms with E-state index in [0.29, 0.717) is 18.5 Å². The van der Waals surface area contributed by atoms with Gasteiger partial charge in [0.2, 0.25) is 0 Å². The summed E-state index contributed by atoms with van der Waals surface area (Å²) in [6.07, 6.45) is 0.600. The summed E-state index contributed by atoms with van der Waals surface area (Å²) in [4.78, 5) is 11.9. The number of rotatable bonds is 5. The molecule has 2 aromatic carbocycles. The largest absolute Gasteiger partial charge is 0.352 e. The fraction of sp³-hybridized carbons (Fsp3) is 0.235. The van der Waals surface area contributed by atoms with E-state index in [1.54, 1.807) is 19.1 Å². The molecule has 0 bridgehead atoms. The van der Waals surface area contributed by atoms with E-state index < -0.39 is 11.7 Å². The second-order valence-electron chi connectivity index (χ2n) is 5.00. The molecule has 1 unspecified atom stereocenters. The molecule has 2 rings (SSSR count). The van der Waals surface area contributed by atoms with Crippen molar-refractivity contribution >= 4 is 5.91 Å². The number of halogens is 1. The number of carbonyl (C=O) groups excluding carboxylic acids is 1. The minimum Gasteiger partial charge on any atom is -0.352 e. The van der Waals surface area contributed by atoms with Crippen LogP contribution in [0.15, 0.2) is 48.5 Å². The molecule has 0 fully saturated rings. The van der Waals surface area contributed by atoms with Gasteiger partial charge in [0.15, 0.2) is 0 Å². The van der Waals surface area contributed by atoms with E-state index in [1.807, 2.05) is 30.3 Å². The third kappa shape index (κ3) is 3.89. The molecule has 0 saturated heterocycles. The van der Waals surface area contributed by atoms with Crippen molar-refractivity contribution in [2.75, 3.05) is 6.54 Å². The SMILES string of the molecule is Cc1cccc(C(=O)NCCC(N)c2ccccc2)c1F. The Labute approximate surface area is 124 Å². The fourth-order valence-corrected chi connectivity index (χ4v) is 2.13. The predicted octanol–water partition coefficient (Wildman–Crippen LogP) is 2.95. The maximum absolute atomic E-state index is 13.8. The van der Waals surface area contributed by atoms with Crippen LogP contribution < -0.4 is 11.1 Å². The average molecular weight is 286 g/mol. The first-order valence-corrected chi connectivity index (χ1v) is 6.93. The molecular weight excluding hydrogens is 267 g/mol. The van der Waals surface area contributed by atoms with Crippen molar-refractivity contribution in [1.82, 2.24) is 5.32 Å². The summed E-state index contributed by atoms with van der Waals surface area (Å²) in [7, 11) is 0. The topological polar surface area (TPSA) is 55.1 Å². The van der Waals surface area contributed by atoms with Crippen LogP contribution in [0.4, 0.5) is 4.39 Å². The van der Waals surface area contributed by atoms with E-state index in [9.17, 15) is 9.18 Å². The molecule has 0 aliphatic carbocycles. The molecule has 0 aromatic heterocycles. The van der Waals surface area contributed by atoms with Crippen molar-refractivity contribution in [2.45, 2.75) is 19.4 Å². The van der Waals surface area contributed by atoms with Gasteiger partial charge in [-0.2, -0.15) is 0 Å². The number of amides is 1. The Morgan fingerprint density at radius 1 is 1.19 bits per heavy atom. The summed E-state index contributed by atoms with van der Waals surface area (Å²) in [5.41, 5.74) is 7.60. The van der Waals surface area contributed by atoms with Crippen molar-refractivity contribution < 1.29 is 9.18 Å². The summed E-state index contributed by atoms with van der Waals surface area (Å²) in [5.74, 6) is -0.876. The number of nitrogens with one attached hydrogen (secondary N) is 1. The van der Waals surface area contributed by atoms with E-state index in [4.69, 9.17) is 5.73 Å². The first-order chi connectivity index (χ1) is 10.1. The maximum Gasteiger partial charge on any atom is 0.254 e. The van der Waals surface area contributed by atoms with E-state index in [-0.39, 0.29) is 11.6 Å². The van der Waals surface area contributed by atoms with Crippen LogP contribution in [0.25, 0.3) is 0 Å². The first kappa shape index (κ1) is 15.2. The molecule has 110 valence electrons. The van der Waals surface area contributed by atoms with Gasteiger partial charge in [-0.05, 0) is 30.5 Å². The second-order valence-corrected chi connectivity index (χ2v) is 5.00. The molecule has 4 heteroatoms. The maximum atomic E-state index is 13.8. The Kier molecular flexibility index (Phi) is 5.06. The highest BCUT2D eigenvalue weighted by molar-refractivity contribution is 5.94. The lowest BCUT2D eigenvalue weighted by atomic mass is 10.0. The van der Waals surface area contributed by atoms with Gasteiger partial charge in [0.25, 0.3) is 5.91 Å². The van der Waals surface area contributed by atoms with E-state index in [1.165, 1.54) is 6.07 Å². The second kappa shape index (κ2) is 6.99. The predicted molar refractivity (Wildman–Crippen MR) is 81.5 cm³/mol. The third-order valence-corrected chi connectivity index (χ3v) is 3.41. The molecule has 1 atom stereocenters. The summed E-state index contributed by atoms with van der Waals surface area (Å²) in [6, 6.07) is 14.3. The van der Waals surface area contributed by atoms with Crippen LogP contribution in [0.5, 0.6) is 0 Å². The van der Waals surface area contributed by atoms with Crippen molar-refractivity contribution in [3.63, 3.8) is 0 Å². The van der Waals surface area contributed by atoms with Crippen molar-refractivity contribution in [1.29, 1.82) is 0 Å². The van der Waals surface area contributed by atoms with Gasteiger partial charge in [0, 0.05) is 12.6 Å². The lowest BCUT2D eigenvalue weighted by Gasteiger charge is -2.13. The zero-order valence-corrected chi connectivity index (χ0v) is 12.0. The van der Waals surface area contributed by atoms with Gasteiger partial charge in [-0.15, -0.1) is 0 Å². The number of hydrogen-bond donors (Lipinski definition) is 2. The van der Waals surface area contributed by atoms with Gasteiger partial charge >= 0.3 is 0 Å². The Hall–Kier alpha value is -2.20. The van der Waals surface area contributed by atoms with Crippen molar-refractivity contribution in [2.24, 2.45) is 5.73 Å². The van der Waals surface area contributed by atoms with E-state index in [0.717, 1.165) is 5.56 Å². The lowest BCUT2D eigenvalue weighted by molar-refractivity contribution is 0.0948. The minimum absolute atomic E-state index is 0.0725. The van der Waals surface area contributed by atoms with Crippen molar-refractivity contribution in [3.05, 3.63) is 71.0 Å². The molecular formula is C17H19FN2O. The highest BCUT2D eigenvalue weighted by Crippen LogP contribution is 2.14. The van der Waals surface area contributed by atoms with Gasteiger partial charge < -0.3 is 11.1 Å². The van der Waals surface area contributed by atoms with Crippen LogP contribution in [-0.4, -0.2) is 12.5 Å². The summed E-state index contributed by atoms with van der Waals surface area (Å²) in [5, 5.41) is 2.71. The van der Waals surface area contributed by atoms with Gasteiger partial charge in [-0.1, -0.05) is 42.5 Å². The Bertz CT molecular complexity index is 613. The van der Waals surface area contributed by atoms with Crippen LogP contribution >= 0.6 is 0 Å². The number of benzene rings is 2. The van der Waals surface area contributed by atoms with Gasteiger partial charge in [-0.25, -0.2) is 4.39 Å². The molecule has 1 amide bonds. The Balaban J connectivity index is 1.89. The average Bonchev–Trinajstić information content (AvgIpc) is 2.50. The third-order valence-electron chi connectivity index (χ3n) is 3.41. The number of hydrogen-bond acceptors (Lipinski definition) is 2. The molecule has 0 aliphatic heterocycles. The number of nitrogens with two attached hydrogens (primary N) is 1. The highest BCUT2D eigenvalue weighted by Gasteiger charge is 2.13. The smallest absolute Gasteiger partial charge is 0.254 e. The number of aryl methyl sites for hydroxylation is 1. The first-order valence-electron chi connectivity index (χ1n) is 6.93. The van der Waals surface area contributed by atoms with Gasteiger partial charge in [0.1, 0.15) is 5.82 Å². The zero-order chi connectivity index (χ0) is 15.2. The van der Waals surface area contributed by atoms with Crippen LogP contribution in [0.3, 0.4) is 0 Å². The molecule has 0 heterocycles. The molecule has 3 nitrogen and oxygen atoms in total. The van der Waals surface area contributed by atoms with Crippen molar-refractivity contribution in [3.8, 4) is 0 Å². The van der Waals surface area contributed by atoms with Gasteiger partial charge in [0.05, 0.1) is 5.56 Å². The summed E-state index contributed by atoms with van der Waals surface area (Å²) in [6.45, 7) is 2.04. The van der Waals surface area contributed by atoms with Crippen LogP contribution in [0.2, 0.25) is 0 Å². The molecule has 3 N–H and O–H groups in total. The fourth-order valence-electron chi connectivity index (χ4n) is 2.13. The summed E-state index contributed by atoms with van der Waals surface area (Å²) >= 11 is 0. The summed E-state index contributed by atoms with van der Waals surface area (Å²) < 4.78 is 13.8. The molecule has 0 saturated carbocycles. The standard InChI is InChI=1S/C17H19FN2O/c1-12-6-5-9-14(16(12)18)17(21)20-11-10-15(19)13-7-3-2-4-8-13/h2-9,15H,10-11,19H2,1H3,(H,20,21). The monoisotopic (exact) mass is 286 g/mol. The minimum atomic E-state index is -0.470. The number of carbonyl (C=O) groups is 1. The Morgan fingerprint density at radius 3 is 2.62 bits per heavy atom. The normalized spacial score (nSPS) is 12.0. The van der Waals surface area contributed by atoms with Crippen LogP contribution in [0.1, 0.15) is 33.9 Å². The highest BCUT2D eigenvalue weighted by atomic mass is 19.1. The molecule has 21 heavy (non-hydrogen) atoms. The molecule has 0 aliphatic rings. The molecule has 0 radical (unpaired) electrons.